The molecule has 3 fully saturated rings. The van der Waals surface area contributed by atoms with Crippen molar-refractivity contribution < 1.29 is 0 Å². The van der Waals surface area contributed by atoms with E-state index in [1.54, 1.807) is 0 Å². The van der Waals surface area contributed by atoms with Crippen LogP contribution in [0.4, 0.5) is 0 Å². The highest BCUT2D eigenvalue weighted by atomic mass is 15.2. The summed E-state index contributed by atoms with van der Waals surface area (Å²) in [4.78, 5) is 2.71. The van der Waals surface area contributed by atoms with Crippen LogP contribution in [0.25, 0.3) is 0 Å². The first kappa shape index (κ1) is 10.1. The van der Waals surface area contributed by atoms with Gasteiger partial charge in [0.1, 0.15) is 0 Å². The topological polar surface area (TPSA) is 15.3 Å². The fraction of sp³-hybridized carbons (Fsp3) is 1.00. The maximum absolute atomic E-state index is 3.76. The van der Waals surface area contributed by atoms with Crippen LogP contribution in [0.1, 0.15) is 39.0 Å². The predicted octanol–water partition coefficient (Wildman–Crippen LogP) is 1.86. The number of nitrogens with zero attached hydrogens (tertiary/aromatic N) is 1. The normalized spacial score (nSPS) is 40.0. The molecule has 3 aliphatic rings. The first-order valence-corrected chi connectivity index (χ1v) is 6.86. The van der Waals surface area contributed by atoms with Crippen molar-refractivity contribution in [1.29, 1.82) is 0 Å². The van der Waals surface area contributed by atoms with Crippen LogP contribution >= 0.6 is 0 Å². The average Bonchev–Trinajstić information content (AvgIpc) is 2.86. The van der Waals surface area contributed by atoms with E-state index in [2.05, 4.69) is 17.1 Å². The Morgan fingerprint density at radius 1 is 1.20 bits per heavy atom. The fourth-order valence-corrected chi connectivity index (χ4v) is 3.73. The highest BCUT2D eigenvalue weighted by Crippen LogP contribution is 2.38. The lowest BCUT2D eigenvalue weighted by atomic mass is 9.94. The van der Waals surface area contributed by atoms with Crippen molar-refractivity contribution in [1.82, 2.24) is 10.2 Å². The number of hydrogen-bond donors (Lipinski definition) is 1. The van der Waals surface area contributed by atoms with E-state index in [9.17, 15) is 0 Å². The number of rotatable bonds is 4. The summed E-state index contributed by atoms with van der Waals surface area (Å²) in [6.45, 7) is 6.19. The molecule has 86 valence electrons. The Bertz CT molecular complexity index is 225. The van der Waals surface area contributed by atoms with Gasteiger partial charge in [0, 0.05) is 18.6 Å². The molecule has 0 aromatic carbocycles. The van der Waals surface area contributed by atoms with Crippen molar-refractivity contribution in [3.63, 3.8) is 0 Å². The molecule has 0 amide bonds. The lowest BCUT2D eigenvalue weighted by molar-refractivity contribution is 0.227. The van der Waals surface area contributed by atoms with E-state index in [0.717, 1.165) is 23.9 Å². The molecular weight excluding hydrogens is 184 g/mol. The number of likely N-dealkylation sites (N-methyl/N-ethyl adjacent to an activating group) is 1. The molecule has 2 nitrogen and oxygen atoms in total. The number of fused-ring (bicyclic) bond motifs is 1. The van der Waals surface area contributed by atoms with Crippen LogP contribution in [0.3, 0.4) is 0 Å². The summed E-state index contributed by atoms with van der Waals surface area (Å²) in [5.74, 6) is 2.03. The van der Waals surface area contributed by atoms with E-state index in [0.29, 0.717) is 0 Å². The smallest absolute Gasteiger partial charge is 0.0226 e. The molecule has 2 heteroatoms. The van der Waals surface area contributed by atoms with E-state index in [1.807, 2.05) is 0 Å². The maximum Gasteiger partial charge on any atom is 0.0226 e. The molecule has 0 aromatic heterocycles. The summed E-state index contributed by atoms with van der Waals surface area (Å²) >= 11 is 0. The average molecular weight is 208 g/mol. The molecule has 1 heterocycles. The van der Waals surface area contributed by atoms with E-state index >= 15 is 0 Å². The standard InChI is InChI=1S/C13H24N2/c1-2-15(11-6-7-11)9-13-12-5-3-4-10(12)8-14-13/h10-14H,2-9H2,1H3. The summed E-state index contributed by atoms with van der Waals surface area (Å²) in [6.07, 6.45) is 7.38. The highest BCUT2D eigenvalue weighted by molar-refractivity contribution is 4.97. The minimum Gasteiger partial charge on any atom is -0.312 e. The van der Waals surface area contributed by atoms with Gasteiger partial charge in [0.15, 0.2) is 0 Å². The van der Waals surface area contributed by atoms with E-state index in [1.165, 1.54) is 51.7 Å². The van der Waals surface area contributed by atoms with Crippen LogP contribution in [0, 0.1) is 11.8 Å². The molecule has 2 aliphatic carbocycles. The van der Waals surface area contributed by atoms with Gasteiger partial charge in [-0.25, -0.2) is 0 Å². The van der Waals surface area contributed by atoms with Gasteiger partial charge in [-0.3, -0.25) is 4.90 Å². The van der Waals surface area contributed by atoms with Gasteiger partial charge in [0.25, 0.3) is 0 Å². The maximum atomic E-state index is 3.76. The molecule has 0 spiro atoms. The minimum absolute atomic E-state index is 0.818. The lowest BCUT2D eigenvalue weighted by Gasteiger charge is -2.27. The summed E-state index contributed by atoms with van der Waals surface area (Å²) < 4.78 is 0. The van der Waals surface area contributed by atoms with Crippen molar-refractivity contribution in [3.8, 4) is 0 Å². The third-order valence-corrected chi connectivity index (χ3v) is 4.78. The molecule has 0 radical (unpaired) electrons. The fourth-order valence-electron chi connectivity index (χ4n) is 3.73. The van der Waals surface area contributed by atoms with Gasteiger partial charge in [0.2, 0.25) is 0 Å². The lowest BCUT2D eigenvalue weighted by Crippen LogP contribution is -2.41. The molecule has 0 bridgehead atoms. The van der Waals surface area contributed by atoms with Crippen LogP contribution in [-0.4, -0.2) is 36.6 Å². The van der Waals surface area contributed by atoms with Crippen LogP contribution in [-0.2, 0) is 0 Å². The Hall–Kier alpha value is -0.0800. The van der Waals surface area contributed by atoms with Gasteiger partial charge in [-0.2, -0.15) is 0 Å². The second-order valence-electron chi connectivity index (χ2n) is 5.69. The van der Waals surface area contributed by atoms with Crippen molar-refractivity contribution in [3.05, 3.63) is 0 Å². The second-order valence-corrected chi connectivity index (χ2v) is 5.69. The SMILES string of the molecule is CCN(CC1NCC2CCCC21)C1CC1. The van der Waals surface area contributed by atoms with Crippen LogP contribution in [0.15, 0.2) is 0 Å². The summed E-state index contributed by atoms with van der Waals surface area (Å²) in [5, 5.41) is 3.76. The summed E-state index contributed by atoms with van der Waals surface area (Å²) in [6, 6.07) is 1.76. The van der Waals surface area contributed by atoms with Gasteiger partial charge in [-0.1, -0.05) is 13.3 Å². The summed E-state index contributed by atoms with van der Waals surface area (Å²) in [7, 11) is 0. The molecule has 3 rings (SSSR count). The van der Waals surface area contributed by atoms with Gasteiger partial charge in [0.05, 0.1) is 0 Å². The molecule has 1 saturated heterocycles. The van der Waals surface area contributed by atoms with Crippen LogP contribution in [0.2, 0.25) is 0 Å². The monoisotopic (exact) mass is 208 g/mol. The molecule has 2 saturated carbocycles. The molecule has 3 unspecified atom stereocenters. The Labute approximate surface area is 93.4 Å². The zero-order valence-electron chi connectivity index (χ0n) is 9.91. The molecule has 1 N–H and O–H groups in total. The van der Waals surface area contributed by atoms with Crippen molar-refractivity contribution in [2.45, 2.75) is 51.1 Å². The van der Waals surface area contributed by atoms with Crippen molar-refractivity contribution >= 4 is 0 Å². The Kier molecular flexibility index (Phi) is 2.73. The molecular formula is C13H24N2. The van der Waals surface area contributed by atoms with Crippen molar-refractivity contribution in [2.75, 3.05) is 19.6 Å². The highest BCUT2D eigenvalue weighted by Gasteiger charge is 2.40. The minimum atomic E-state index is 0.818. The first-order chi connectivity index (χ1) is 7.38. The number of nitrogens with one attached hydrogen (secondary N) is 1. The molecule has 15 heavy (non-hydrogen) atoms. The van der Waals surface area contributed by atoms with E-state index < -0.39 is 0 Å². The van der Waals surface area contributed by atoms with Crippen LogP contribution < -0.4 is 5.32 Å². The zero-order valence-corrected chi connectivity index (χ0v) is 9.91. The first-order valence-electron chi connectivity index (χ1n) is 6.86. The Balaban J connectivity index is 1.57. The van der Waals surface area contributed by atoms with Gasteiger partial charge >= 0.3 is 0 Å². The predicted molar refractivity (Wildman–Crippen MR) is 62.9 cm³/mol. The van der Waals surface area contributed by atoms with Gasteiger partial charge in [-0.05, 0) is 50.6 Å². The molecule has 1 aliphatic heterocycles. The van der Waals surface area contributed by atoms with Crippen molar-refractivity contribution in [2.24, 2.45) is 11.8 Å². The van der Waals surface area contributed by atoms with Crippen LogP contribution in [0.5, 0.6) is 0 Å². The van der Waals surface area contributed by atoms with E-state index in [4.69, 9.17) is 0 Å². The Morgan fingerprint density at radius 2 is 2.07 bits per heavy atom. The number of hydrogen-bond acceptors (Lipinski definition) is 2. The summed E-state index contributed by atoms with van der Waals surface area (Å²) in [5.41, 5.74) is 0. The zero-order chi connectivity index (χ0) is 10.3. The quantitative estimate of drug-likeness (QED) is 0.758. The van der Waals surface area contributed by atoms with Gasteiger partial charge in [-0.15, -0.1) is 0 Å². The second kappa shape index (κ2) is 4.06. The Morgan fingerprint density at radius 3 is 2.80 bits per heavy atom. The largest absolute Gasteiger partial charge is 0.312 e. The van der Waals surface area contributed by atoms with E-state index in [-0.39, 0.29) is 0 Å². The molecule has 0 aromatic rings. The molecule has 3 atom stereocenters. The van der Waals surface area contributed by atoms with Gasteiger partial charge < -0.3 is 5.32 Å². The third-order valence-electron chi connectivity index (χ3n) is 4.78. The third kappa shape index (κ3) is 1.94.